The number of thiophene rings is 2. The Morgan fingerprint density at radius 1 is 0.575 bits per heavy atom. The van der Waals surface area contributed by atoms with Gasteiger partial charge >= 0.3 is 311 Å². The molecule has 0 atom stereocenters. The molecule has 0 N–H and O–H groups in total. The SMILES string of the molecule is CC=C1CCCC1=CC(C#Cc1ccc(-c2c3nsnc3c(-c3ccc(/C=C/C)s3)c3nc(-c4ccc(C)cc4)c(-c4ccc(C)cc4)nc23)s1)=C([C]#[Os])[P+](c1ccccc1)(c1ccccc1)c1ccccc1. The minimum atomic E-state index is -2.53. The number of nitrogens with zero attached hydrogens (tertiary/aromatic N) is 4. The zero-order valence-corrected chi connectivity index (χ0v) is 46.7. The van der Waals surface area contributed by atoms with E-state index < -0.39 is 7.26 Å². The third-order valence-electron chi connectivity index (χ3n) is 13.4. The molecule has 0 amide bonds. The first kappa shape index (κ1) is 48.5. The van der Waals surface area contributed by atoms with Gasteiger partial charge in [0.2, 0.25) is 0 Å². The van der Waals surface area contributed by atoms with Crippen LogP contribution in [-0.4, -0.2) is 18.7 Å². The number of allylic oxidation sites excluding steroid dienone is 7. The summed E-state index contributed by atoms with van der Waals surface area (Å²) in [5.41, 5.74) is 14.9. The van der Waals surface area contributed by atoms with Crippen LogP contribution in [0.25, 0.3) is 71.5 Å². The number of rotatable bonds is 10. The standard InChI is InChI=1S/C64H49N4PS3.Os/c1-6-18-53-37-39-55(70-53)57-61-62(66-60(47-33-29-43(4)30-34-47)59(65-61)46-31-27-42(3)28-32-46)58(64-63(57)67-72-68-64)56-40-38-54(71-56)36-35-48(41-49-20-17-19-45(49)7-2)44(5)69(50-21-11-8-12-22-50,51-23-13-9-14-24-51)52-25-15-10-16-26-52;/h6-16,18,21-34,37-41H,17,19-20H2,1-4H3;/q+1;/b18-6+,45-7?,48-44?,49-41?;. The predicted octanol–water partition coefficient (Wildman–Crippen LogP) is 16.2. The van der Waals surface area contributed by atoms with Crippen LogP contribution in [0.2, 0.25) is 0 Å². The molecule has 4 heterocycles. The van der Waals surface area contributed by atoms with Crippen LogP contribution in [0, 0.1) is 30.1 Å². The molecule has 4 aromatic heterocycles. The van der Waals surface area contributed by atoms with E-state index in [0.717, 1.165) is 105 Å². The molecule has 1 aliphatic carbocycles. The van der Waals surface area contributed by atoms with Gasteiger partial charge in [-0.25, -0.2) is 0 Å². The second kappa shape index (κ2) is 21.4. The Morgan fingerprint density at radius 2 is 1.08 bits per heavy atom. The molecule has 1 aliphatic rings. The van der Waals surface area contributed by atoms with Gasteiger partial charge in [0.25, 0.3) is 0 Å². The molecule has 0 aliphatic heterocycles. The van der Waals surface area contributed by atoms with Crippen molar-refractivity contribution in [2.45, 2.75) is 47.0 Å². The molecule has 0 spiro atoms. The van der Waals surface area contributed by atoms with E-state index in [4.69, 9.17) is 18.7 Å². The van der Waals surface area contributed by atoms with E-state index in [1.165, 1.54) is 49.9 Å². The van der Waals surface area contributed by atoms with Crippen molar-refractivity contribution in [3.05, 3.63) is 225 Å². The normalized spacial score (nSPS) is 14.2. The van der Waals surface area contributed by atoms with Crippen molar-refractivity contribution in [2.24, 2.45) is 0 Å². The van der Waals surface area contributed by atoms with E-state index in [-0.39, 0.29) is 0 Å². The number of fused-ring (bicyclic) bond motifs is 2. The average molecular weight is 1190 g/mol. The van der Waals surface area contributed by atoms with Crippen LogP contribution in [0.3, 0.4) is 0 Å². The summed E-state index contributed by atoms with van der Waals surface area (Å²) >= 11 is 6.43. The maximum atomic E-state index is 5.72. The van der Waals surface area contributed by atoms with E-state index in [1.807, 2.05) is 0 Å². The van der Waals surface area contributed by atoms with Crippen LogP contribution in [0.5, 0.6) is 0 Å². The van der Waals surface area contributed by atoms with Gasteiger partial charge in [-0.3, -0.25) is 0 Å². The minimum absolute atomic E-state index is 0.788. The quantitative estimate of drug-likeness (QED) is 0.101. The first-order valence-corrected chi connectivity index (χ1v) is 29.8. The van der Waals surface area contributed by atoms with Crippen molar-refractivity contribution < 1.29 is 17.9 Å². The summed E-state index contributed by atoms with van der Waals surface area (Å²) < 4.78 is 14.0. The molecule has 6 aromatic carbocycles. The van der Waals surface area contributed by atoms with Gasteiger partial charge in [0.1, 0.15) is 0 Å². The predicted molar refractivity (Wildman–Crippen MR) is 311 cm³/mol. The number of hydrogen-bond donors (Lipinski definition) is 0. The van der Waals surface area contributed by atoms with Crippen LogP contribution in [0.1, 0.15) is 54.0 Å². The van der Waals surface area contributed by atoms with Crippen LogP contribution in [0.4, 0.5) is 0 Å². The van der Waals surface area contributed by atoms with E-state index in [2.05, 4.69) is 232 Å². The van der Waals surface area contributed by atoms with Gasteiger partial charge in [0.15, 0.2) is 0 Å². The third kappa shape index (κ3) is 9.33. The molecule has 0 unspecified atom stereocenters. The molecule has 9 heteroatoms. The Balaban J connectivity index is 1.16. The summed E-state index contributed by atoms with van der Waals surface area (Å²) in [6, 6.07) is 59.0. The first-order chi connectivity index (χ1) is 35.9. The molecule has 0 radical (unpaired) electrons. The van der Waals surface area contributed by atoms with Crippen molar-refractivity contribution >= 4 is 85.7 Å². The molecular formula is C64H49N4OsPS3+. The molecule has 0 bridgehead atoms. The number of benzene rings is 6. The van der Waals surface area contributed by atoms with Crippen molar-refractivity contribution in [3.63, 3.8) is 0 Å². The molecule has 10 aromatic rings. The summed E-state index contributed by atoms with van der Waals surface area (Å²) in [7, 11) is -2.53. The zero-order chi connectivity index (χ0) is 49.9. The van der Waals surface area contributed by atoms with Gasteiger partial charge in [0.05, 0.1) is 5.69 Å². The van der Waals surface area contributed by atoms with Gasteiger partial charge in [0, 0.05) is 20.9 Å². The Morgan fingerprint density at radius 3 is 1.59 bits per heavy atom. The Hall–Kier alpha value is -6.75. The Labute approximate surface area is 450 Å². The monoisotopic (exact) mass is 1190 g/mol. The van der Waals surface area contributed by atoms with Gasteiger partial charge < -0.3 is 0 Å². The van der Waals surface area contributed by atoms with Crippen molar-refractivity contribution in [1.29, 1.82) is 0 Å². The Bertz CT molecular complexity index is 3820. The summed E-state index contributed by atoms with van der Waals surface area (Å²) in [6.07, 6.45) is 12.1. The van der Waals surface area contributed by atoms with Gasteiger partial charge in [-0.2, -0.15) is 0 Å². The zero-order valence-electron chi connectivity index (χ0n) is 40.8. The number of aromatic nitrogens is 4. The second-order valence-corrected chi connectivity index (χ2v) is 24.7. The molecule has 1 saturated carbocycles. The van der Waals surface area contributed by atoms with E-state index in [0.29, 0.717) is 0 Å². The topological polar surface area (TPSA) is 51.6 Å². The molecule has 11 rings (SSSR count). The summed E-state index contributed by atoms with van der Waals surface area (Å²) in [6.45, 7) is 8.45. The number of hydrogen-bond acceptors (Lipinski definition) is 7. The van der Waals surface area contributed by atoms with Crippen molar-refractivity contribution in [1.82, 2.24) is 18.7 Å². The summed E-state index contributed by atoms with van der Waals surface area (Å²) in [5, 5.41) is 4.94. The van der Waals surface area contributed by atoms with Gasteiger partial charge in [-0.05, 0) is 39.0 Å². The van der Waals surface area contributed by atoms with Crippen LogP contribution >= 0.6 is 41.7 Å². The molecule has 73 heavy (non-hydrogen) atoms. The molecular weight excluding hydrogens is 1140 g/mol. The maximum absolute atomic E-state index is 5.72. The van der Waals surface area contributed by atoms with Crippen LogP contribution < -0.4 is 15.9 Å². The van der Waals surface area contributed by atoms with Crippen LogP contribution in [-0.2, 0) is 17.9 Å². The Kier molecular flexibility index (Phi) is 14.2. The molecule has 0 saturated heterocycles. The fourth-order valence-electron chi connectivity index (χ4n) is 9.93. The molecule has 1 fully saturated rings. The average Bonchev–Trinajstić information content (AvgIpc) is 4.29. The van der Waals surface area contributed by atoms with E-state index in [1.54, 1.807) is 40.6 Å². The summed E-state index contributed by atoms with van der Waals surface area (Å²) in [5.74, 6) is 7.62. The van der Waals surface area contributed by atoms with Crippen LogP contribution in [0.15, 0.2) is 204 Å². The van der Waals surface area contributed by atoms with Gasteiger partial charge in [-0.15, -0.1) is 11.3 Å². The number of aryl methyl sites for hydroxylation is 2. The van der Waals surface area contributed by atoms with E-state index in [9.17, 15) is 0 Å². The van der Waals surface area contributed by atoms with Gasteiger partial charge in [-0.1, -0.05) is 65.7 Å². The fourth-order valence-corrected chi connectivity index (χ4v) is 18.2. The van der Waals surface area contributed by atoms with Crippen molar-refractivity contribution in [2.75, 3.05) is 0 Å². The van der Waals surface area contributed by atoms with Crippen molar-refractivity contribution in [3.8, 4) is 59.6 Å². The fraction of sp³-hybridized carbons (Fsp3) is 0.109. The third-order valence-corrected chi connectivity index (χ3v) is 21.4. The van der Waals surface area contributed by atoms with E-state index >= 15 is 0 Å². The summed E-state index contributed by atoms with van der Waals surface area (Å²) in [4.78, 5) is 15.6. The first-order valence-electron chi connectivity index (χ1n) is 24.4. The second-order valence-electron chi connectivity index (χ2n) is 18.0. The molecule has 355 valence electrons. The molecule has 4 nitrogen and oxygen atoms in total.